The van der Waals surface area contributed by atoms with Crippen molar-refractivity contribution >= 4 is 15.7 Å². The topological polar surface area (TPSA) is 55.8 Å². The first-order valence-corrected chi connectivity index (χ1v) is 13.2. The predicted molar refractivity (Wildman–Crippen MR) is 133 cm³/mol. The summed E-state index contributed by atoms with van der Waals surface area (Å²) < 4.78 is 119. The van der Waals surface area contributed by atoms with Gasteiger partial charge in [-0.15, -0.1) is 0 Å². The van der Waals surface area contributed by atoms with E-state index in [0.29, 0.717) is 12.5 Å². The van der Waals surface area contributed by atoms with E-state index < -0.39 is 50.9 Å². The number of nitrogens with zero attached hydrogens (tertiary/aromatic N) is 1. The summed E-state index contributed by atoms with van der Waals surface area (Å²) in [5.74, 6) is -1.15. The number of sulfonamides is 1. The van der Waals surface area contributed by atoms with Crippen molar-refractivity contribution in [3.05, 3.63) is 72.0 Å². The lowest BCUT2D eigenvalue weighted by Crippen LogP contribution is -2.44. The molecule has 0 radical (unpaired) electrons. The van der Waals surface area contributed by atoms with E-state index in [1.54, 1.807) is 0 Å². The number of ether oxygens (including phenoxy) is 2. The molecule has 1 atom stereocenters. The zero-order chi connectivity index (χ0) is 28.8. The second-order valence-corrected chi connectivity index (χ2v) is 12.2. The summed E-state index contributed by atoms with van der Waals surface area (Å²) in [5.41, 5.74) is -1.02. The second-order valence-electron chi connectivity index (χ2n) is 10.3. The van der Waals surface area contributed by atoms with Crippen LogP contribution in [-0.2, 0) is 16.2 Å². The number of alkyl halides is 5. The van der Waals surface area contributed by atoms with Gasteiger partial charge in [0.15, 0.2) is 0 Å². The number of rotatable bonds is 6. The van der Waals surface area contributed by atoms with Crippen LogP contribution in [0.25, 0.3) is 11.1 Å². The Bertz CT molecular complexity index is 1470. The summed E-state index contributed by atoms with van der Waals surface area (Å²) in [7, 11) is -4.52. The van der Waals surface area contributed by atoms with Crippen LogP contribution in [0.1, 0.15) is 32.8 Å². The Morgan fingerprint density at radius 1 is 1.00 bits per heavy atom. The fraction of sp³-hybridized carbons (Fsp3) is 0.333. The molecule has 0 saturated heterocycles. The van der Waals surface area contributed by atoms with Gasteiger partial charge in [0.05, 0.1) is 22.7 Å². The van der Waals surface area contributed by atoms with E-state index in [0.717, 1.165) is 40.7 Å². The van der Waals surface area contributed by atoms with Gasteiger partial charge in [0.2, 0.25) is 0 Å². The zero-order valence-electron chi connectivity index (χ0n) is 21.1. The lowest BCUT2D eigenvalue weighted by atomic mass is 9.88. The average Bonchev–Trinajstić information content (AvgIpc) is 2.81. The molecular formula is C27H25F6NO4S. The Kier molecular flexibility index (Phi) is 7.54. The zero-order valence-corrected chi connectivity index (χ0v) is 21.9. The summed E-state index contributed by atoms with van der Waals surface area (Å²) in [5, 5.41) is 0. The lowest BCUT2D eigenvalue weighted by Gasteiger charge is -2.38. The van der Waals surface area contributed by atoms with Crippen LogP contribution >= 0.6 is 0 Å². The molecule has 3 aromatic rings. The minimum Gasteiger partial charge on any atom is -0.486 e. The molecule has 39 heavy (non-hydrogen) atoms. The number of hydrogen-bond donors (Lipinski definition) is 0. The highest BCUT2D eigenvalue weighted by Gasteiger charge is 2.38. The van der Waals surface area contributed by atoms with Crippen LogP contribution in [0.4, 0.5) is 32.0 Å². The molecule has 0 amide bonds. The van der Waals surface area contributed by atoms with Gasteiger partial charge in [-0.3, -0.25) is 4.31 Å². The third-order valence-electron chi connectivity index (χ3n) is 5.91. The highest BCUT2D eigenvalue weighted by Crippen LogP contribution is 2.42. The van der Waals surface area contributed by atoms with Gasteiger partial charge >= 0.3 is 12.8 Å². The third kappa shape index (κ3) is 6.60. The van der Waals surface area contributed by atoms with E-state index in [9.17, 15) is 34.8 Å². The van der Waals surface area contributed by atoms with Gasteiger partial charge in [-0.1, -0.05) is 32.9 Å². The van der Waals surface area contributed by atoms with Crippen molar-refractivity contribution in [2.75, 3.05) is 10.8 Å². The van der Waals surface area contributed by atoms with E-state index in [1.165, 1.54) is 18.2 Å². The quantitative estimate of drug-likeness (QED) is 0.287. The molecule has 1 aliphatic rings. The third-order valence-corrected chi connectivity index (χ3v) is 7.69. The van der Waals surface area contributed by atoms with Gasteiger partial charge in [-0.2, -0.15) is 22.0 Å². The normalized spacial score (nSPS) is 16.2. The molecule has 1 unspecified atom stereocenters. The summed E-state index contributed by atoms with van der Waals surface area (Å²) in [6.45, 7) is 2.41. The maximum Gasteiger partial charge on any atom is 0.416 e. The molecule has 12 heteroatoms. The van der Waals surface area contributed by atoms with Crippen LogP contribution in [0.5, 0.6) is 11.5 Å². The van der Waals surface area contributed by atoms with Crippen molar-refractivity contribution < 1.29 is 44.2 Å². The van der Waals surface area contributed by atoms with Crippen LogP contribution in [-0.4, -0.2) is 27.7 Å². The molecule has 1 aliphatic heterocycles. The van der Waals surface area contributed by atoms with Gasteiger partial charge in [-0.25, -0.2) is 12.8 Å². The molecule has 0 aromatic heterocycles. The van der Waals surface area contributed by atoms with Crippen LogP contribution < -0.4 is 13.8 Å². The predicted octanol–water partition coefficient (Wildman–Crippen LogP) is 7.51. The highest BCUT2D eigenvalue weighted by atomic mass is 32.2. The Labute approximate surface area is 222 Å². The average molecular weight is 574 g/mol. The number of fused-ring (bicyclic) bond motifs is 1. The molecule has 0 aliphatic carbocycles. The molecule has 210 valence electrons. The Morgan fingerprint density at radius 3 is 2.36 bits per heavy atom. The molecule has 4 rings (SSSR count). The minimum absolute atomic E-state index is 0.00987. The van der Waals surface area contributed by atoms with E-state index in [4.69, 9.17) is 4.74 Å². The molecular weight excluding hydrogens is 548 g/mol. The first-order valence-electron chi connectivity index (χ1n) is 11.8. The van der Waals surface area contributed by atoms with Crippen molar-refractivity contribution in [3.63, 3.8) is 0 Å². The van der Waals surface area contributed by atoms with Gasteiger partial charge < -0.3 is 9.47 Å². The number of halogens is 6. The smallest absolute Gasteiger partial charge is 0.416 e. The second kappa shape index (κ2) is 10.3. The van der Waals surface area contributed by atoms with Crippen LogP contribution in [0.2, 0.25) is 0 Å². The molecule has 0 spiro atoms. The Hall–Kier alpha value is -3.41. The van der Waals surface area contributed by atoms with Crippen LogP contribution in [0.3, 0.4) is 0 Å². The fourth-order valence-corrected chi connectivity index (χ4v) is 5.91. The summed E-state index contributed by atoms with van der Waals surface area (Å²) in [6, 6.07) is 10.7. The van der Waals surface area contributed by atoms with Crippen molar-refractivity contribution in [2.45, 2.75) is 51.0 Å². The van der Waals surface area contributed by atoms with Gasteiger partial charge in [-0.05, 0) is 65.4 Å². The van der Waals surface area contributed by atoms with Crippen molar-refractivity contribution in [1.82, 2.24) is 0 Å². The standard InChI is InChI=1S/C27H25F6NO4S/c1-26(2,3)14-21-15-34(39(35,36)22-6-4-5-18(12-22)27(31,32)33)23-11-16(7-8-24(23)37-21)17-9-19(28)13-20(10-17)38-25(29)30/h4-13,21,25H,14-15H2,1-3H3. The number of anilines is 1. The van der Waals surface area contributed by atoms with Gasteiger partial charge in [0.25, 0.3) is 10.0 Å². The Morgan fingerprint density at radius 2 is 1.72 bits per heavy atom. The number of hydrogen-bond acceptors (Lipinski definition) is 4. The molecule has 0 N–H and O–H groups in total. The van der Waals surface area contributed by atoms with Gasteiger partial charge in [0.1, 0.15) is 23.4 Å². The molecule has 1 heterocycles. The van der Waals surface area contributed by atoms with E-state index >= 15 is 0 Å². The van der Waals surface area contributed by atoms with Crippen molar-refractivity contribution in [3.8, 4) is 22.6 Å². The Balaban J connectivity index is 1.83. The summed E-state index contributed by atoms with van der Waals surface area (Å²) >= 11 is 0. The summed E-state index contributed by atoms with van der Waals surface area (Å²) in [4.78, 5) is -0.566. The van der Waals surface area contributed by atoms with E-state index in [-0.39, 0.29) is 34.5 Å². The first-order chi connectivity index (χ1) is 18.0. The fourth-order valence-electron chi connectivity index (χ4n) is 4.37. The van der Waals surface area contributed by atoms with Crippen LogP contribution in [0.15, 0.2) is 65.6 Å². The first kappa shape index (κ1) is 28.6. The molecule has 0 saturated carbocycles. The highest BCUT2D eigenvalue weighted by molar-refractivity contribution is 7.92. The number of benzene rings is 3. The maximum atomic E-state index is 14.2. The molecule has 0 fully saturated rings. The monoisotopic (exact) mass is 573 g/mol. The largest absolute Gasteiger partial charge is 0.486 e. The summed E-state index contributed by atoms with van der Waals surface area (Å²) in [6.07, 6.45) is -4.95. The van der Waals surface area contributed by atoms with Crippen LogP contribution in [0, 0.1) is 11.2 Å². The lowest BCUT2D eigenvalue weighted by molar-refractivity contribution is -0.137. The van der Waals surface area contributed by atoms with Crippen molar-refractivity contribution in [2.24, 2.45) is 5.41 Å². The van der Waals surface area contributed by atoms with E-state index in [1.807, 2.05) is 20.8 Å². The molecule has 3 aromatic carbocycles. The van der Waals surface area contributed by atoms with Gasteiger partial charge in [0, 0.05) is 6.07 Å². The molecule has 0 bridgehead atoms. The minimum atomic E-state index is -4.76. The van der Waals surface area contributed by atoms with E-state index in [2.05, 4.69) is 4.74 Å². The molecule has 5 nitrogen and oxygen atoms in total. The maximum absolute atomic E-state index is 14.2. The SMILES string of the molecule is CC(C)(C)CC1CN(S(=O)(=O)c2cccc(C(F)(F)F)c2)c2cc(-c3cc(F)cc(OC(F)F)c3)ccc2O1. The van der Waals surface area contributed by atoms with Crippen molar-refractivity contribution in [1.29, 1.82) is 0 Å².